The summed E-state index contributed by atoms with van der Waals surface area (Å²) in [6, 6.07) is 8.32. The van der Waals surface area contributed by atoms with Crippen molar-refractivity contribution in [2.45, 2.75) is 51.1 Å². The SMILES string of the molecule is Cl.O=C(NCCC1CCCC1)C1Cc2ccccc2CN1. The molecular weight excluding hydrogens is 284 g/mol. The van der Waals surface area contributed by atoms with Gasteiger partial charge in [0.05, 0.1) is 6.04 Å². The number of rotatable bonds is 4. The average molecular weight is 309 g/mol. The van der Waals surface area contributed by atoms with E-state index in [-0.39, 0.29) is 24.4 Å². The number of hydrogen-bond acceptors (Lipinski definition) is 2. The average Bonchev–Trinajstić information content (AvgIpc) is 3.00. The highest BCUT2D eigenvalue weighted by atomic mass is 35.5. The second-order valence-corrected chi connectivity index (χ2v) is 6.14. The number of fused-ring (bicyclic) bond motifs is 1. The van der Waals surface area contributed by atoms with E-state index in [1.165, 1.54) is 36.8 Å². The fourth-order valence-corrected chi connectivity index (χ4v) is 3.46. The molecule has 3 rings (SSSR count). The van der Waals surface area contributed by atoms with Crippen molar-refractivity contribution in [3.8, 4) is 0 Å². The molecule has 2 aliphatic rings. The zero-order chi connectivity index (χ0) is 13.8. The number of benzene rings is 1. The lowest BCUT2D eigenvalue weighted by Crippen LogP contribution is -2.47. The van der Waals surface area contributed by atoms with Crippen LogP contribution in [0.25, 0.3) is 0 Å². The minimum Gasteiger partial charge on any atom is -0.355 e. The zero-order valence-corrected chi connectivity index (χ0v) is 13.3. The smallest absolute Gasteiger partial charge is 0.237 e. The van der Waals surface area contributed by atoms with Crippen molar-refractivity contribution in [2.75, 3.05) is 6.54 Å². The minimum absolute atomic E-state index is 0. The summed E-state index contributed by atoms with van der Waals surface area (Å²) < 4.78 is 0. The second-order valence-electron chi connectivity index (χ2n) is 6.14. The lowest BCUT2D eigenvalue weighted by atomic mass is 9.95. The van der Waals surface area contributed by atoms with E-state index in [1.54, 1.807) is 0 Å². The van der Waals surface area contributed by atoms with Gasteiger partial charge in [0.15, 0.2) is 0 Å². The number of nitrogens with one attached hydrogen (secondary N) is 2. The highest BCUT2D eigenvalue weighted by molar-refractivity contribution is 5.85. The van der Waals surface area contributed by atoms with Gasteiger partial charge >= 0.3 is 0 Å². The first kappa shape index (κ1) is 16.3. The molecule has 3 nitrogen and oxygen atoms in total. The Morgan fingerprint density at radius 3 is 2.67 bits per heavy atom. The van der Waals surface area contributed by atoms with Crippen molar-refractivity contribution in [3.05, 3.63) is 35.4 Å². The molecule has 0 radical (unpaired) electrons. The third kappa shape index (κ3) is 4.21. The van der Waals surface area contributed by atoms with Crippen LogP contribution < -0.4 is 10.6 Å². The number of halogens is 1. The first-order valence-corrected chi connectivity index (χ1v) is 7.91. The molecule has 4 heteroatoms. The van der Waals surface area contributed by atoms with E-state index in [0.29, 0.717) is 0 Å². The Balaban J connectivity index is 0.00000161. The Bertz CT molecular complexity index is 472. The van der Waals surface area contributed by atoms with Crippen LogP contribution in [0.2, 0.25) is 0 Å². The number of carbonyl (C=O) groups excluding carboxylic acids is 1. The first-order chi connectivity index (χ1) is 9.83. The zero-order valence-electron chi connectivity index (χ0n) is 12.4. The van der Waals surface area contributed by atoms with Gasteiger partial charge in [-0.2, -0.15) is 0 Å². The van der Waals surface area contributed by atoms with Gasteiger partial charge in [-0.25, -0.2) is 0 Å². The van der Waals surface area contributed by atoms with E-state index < -0.39 is 0 Å². The first-order valence-electron chi connectivity index (χ1n) is 7.91. The summed E-state index contributed by atoms with van der Waals surface area (Å²) >= 11 is 0. The molecule has 116 valence electrons. The van der Waals surface area contributed by atoms with Crippen LogP contribution >= 0.6 is 12.4 Å². The Hall–Kier alpha value is -1.06. The molecule has 1 saturated carbocycles. The molecule has 0 bridgehead atoms. The normalized spacial score (nSPS) is 21.4. The third-order valence-corrected chi connectivity index (χ3v) is 4.72. The molecule has 1 aromatic rings. The summed E-state index contributed by atoms with van der Waals surface area (Å²) in [4.78, 5) is 12.2. The van der Waals surface area contributed by atoms with Crippen LogP contribution in [0.15, 0.2) is 24.3 Å². The van der Waals surface area contributed by atoms with Gasteiger partial charge < -0.3 is 10.6 Å². The van der Waals surface area contributed by atoms with E-state index in [9.17, 15) is 4.79 Å². The number of carbonyl (C=O) groups is 1. The Labute approximate surface area is 133 Å². The summed E-state index contributed by atoms with van der Waals surface area (Å²) in [6.07, 6.45) is 7.41. The van der Waals surface area contributed by atoms with Crippen LogP contribution in [0.1, 0.15) is 43.2 Å². The monoisotopic (exact) mass is 308 g/mol. The summed E-state index contributed by atoms with van der Waals surface area (Å²) in [5.74, 6) is 1.01. The molecule has 0 aromatic heterocycles. The molecule has 1 aromatic carbocycles. The fraction of sp³-hybridized carbons (Fsp3) is 0.588. The minimum atomic E-state index is -0.0616. The van der Waals surface area contributed by atoms with Gasteiger partial charge in [0.25, 0.3) is 0 Å². The maximum atomic E-state index is 12.2. The highest BCUT2D eigenvalue weighted by Crippen LogP contribution is 2.26. The van der Waals surface area contributed by atoms with Crippen molar-refractivity contribution in [3.63, 3.8) is 0 Å². The van der Waals surface area contributed by atoms with Gasteiger partial charge in [0.2, 0.25) is 5.91 Å². The van der Waals surface area contributed by atoms with Crippen LogP contribution in [0.5, 0.6) is 0 Å². The summed E-state index contributed by atoms with van der Waals surface area (Å²) in [5.41, 5.74) is 2.63. The molecule has 1 amide bonds. The van der Waals surface area contributed by atoms with Crippen LogP contribution in [0.3, 0.4) is 0 Å². The maximum Gasteiger partial charge on any atom is 0.237 e. The predicted molar refractivity (Wildman–Crippen MR) is 87.6 cm³/mol. The lowest BCUT2D eigenvalue weighted by Gasteiger charge is -2.25. The predicted octanol–water partition coefficient (Wildman–Crippen LogP) is 2.82. The van der Waals surface area contributed by atoms with Crippen molar-refractivity contribution in [1.82, 2.24) is 10.6 Å². The molecule has 21 heavy (non-hydrogen) atoms. The fourth-order valence-electron chi connectivity index (χ4n) is 3.46. The molecule has 1 unspecified atom stereocenters. The van der Waals surface area contributed by atoms with Crippen molar-refractivity contribution in [1.29, 1.82) is 0 Å². The van der Waals surface area contributed by atoms with Crippen molar-refractivity contribution >= 4 is 18.3 Å². The van der Waals surface area contributed by atoms with Gasteiger partial charge in [-0.1, -0.05) is 49.9 Å². The van der Waals surface area contributed by atoms with E-state index in [4.69, 9.17) is 0 Å². The van der Waals surface area contributed by atoms with Gasteiger partial charge in [-0.3, -0.25) is 4.79 Å². The van der Waals surface area contributed by atoms with Crippen LogP contribution in [-0.2, 0) is 17.8 Å². The molecule has 2 N–H and O–H groups in total. The Morgan fingerprint density at radius 1 is 1.19 bits per heavy atom. The number of amides is 1. The molecular formula is C17H25ClN2O. The molecule has 1 fully saturated rings. The quantitative estimate of drug-likeness (QED) is 0.898. The molecule has 1 aliphatic carbocycles. The Kier molecular flexibility index (Phi) is 6.07. The number of hydrogen-bond donors (Lipinski definition) is 2. The summed E-state index contributed by atoms with van der Waals surface area (Å²) in [7, 11) is 0. The van der Waals surface area contributed by atoms with E-state index in [2.05, 4.69) is 34.9 Å². The second kappa shape index (κ2) is 7.81. The van der Waals surface area contributed by atoms with Crippen LogP contribution in [-0.4, -0.2) is 18.5 Å². The van der Waals surface area contributed by atoms with Crippen molar-refractivity contribution < 1.29 is 4.79 Å². The van der Waals surface area contributed by atoms with E-state index in [0.717, 1.165) is 31.8 Å². The molecule has 1 aliphatic heterocycles. The van der Waals surface area contributed by atoms with Gasteiger partial charge in [0.1, 0.15) is 0 Å². The van der Waals surface area contributed by atoms with Gasteiger partial charge in [-0.15, -0.1) is 12.4 Å². The molecule has 0 spiro atoms. The molecule has 1 atom stereocenters. The Morgan fingerprint density at radius 2 is 1.90 bits per heavy atom. The van der Waals surface area contributed by atoms with Gasteiger partial charge in [-0.05, 0) is 29.9 Å². The molecule has 0 saturated heterocycles. The standard InChI is InChI=1S/C17H24N2O.ClH/c20-17(18-10-9-13-5-1-2-6-13)16-11-14-7-3-4-8-15(14)12-19-16;/h3-4,7-8,13,16,19H,1-2,5-6,9-12H2,(H,18,20);1H. The van der Waals surface area contributed by atoms with Crippen LogP contribution in [0.4, 0.5) is 0 Å². The largest absolute Gasteiger partial charge is 0.355 e. The highest BCUT2D eigenvalue weighted by Gasteiger charge is 2.23. The van der Waals surface area contributed by atoms with Crippen molar-refractivity contribution in [2.24, 2.45) is 5.92 Å². The molecule has 1 heterocycles. The van der Waals surface area contributed by atoms with Crippen LogP contribution in [0, 0.1) is 5.92 Å². The van der Waals surface area contributed by atoms with Gasteiger partial charge in [0, 0.05) is 13.1 Å². The van der Waals surface area contributed by atoms with E-state index >= 15 is 0 Å². The summed E-state index contributed by atoms with van der Waals surface area (Å²) in [6.45, 7) is 1.64. The maximum absolute atomic E-state index is 12.2. The third-order valence-electron chi connectivity index (χ3n) is 4.72. The lowest BCUT2D eigenvalue weighted by molar-refractivity contribution is -0.123. The summed E-state index contributed by atoms with van der Waals surface area (Å²) in [5, 5.41) is 6.45. The topological polar surface area (TPSA) is 41.1 Å². The van der Waals surface area contributed by atoms with E-state index in [1.807, 2.05) is 0 Å².